The van der Waals surface area contributed by atoms with Crippen LogP contribution in [0.1, 0.15) is 11.1 Å². The van der Waals surface area contributed by atoms with E-state index in [1.54, 1.807) is 0 Å². The molecule has 62 heavy (non-hydrogen) atoms. The van der Waals surface area contributed by atoms with Crippen LogP contribution in [0.25, 0.3) is 65.7 Å². The van der Waals surface area contributed by atoms with E-state index in [2.05, 4.69) is 254 Å². The maximum Gasteiger partial charge on any atom is 0.0561 e. The van der Waals surface area contributed by atoms with Crippen molar-refractivity contribution in [3.05, 3.63) is 242 Å². The van der Waals surface area contributed by atoms with Gasteiger partial charge in [-0.25, -0.2) is 0 Å². The van der Waals surface area contributed by atoms with E-state index in [0.29, 0.717) is 0 Å². The van der Waals surface area contributed by atoms with E-state index in [4.69, 9.17) is 0 Å². The van der Waals surface area contributed by atoms with Crippen LogP contribution in [0.3, 0.4) is 0 Å². The zero-order valence-corrected chi connectivity index (χ0v) is 34.8. The molecule has 0 amide bonds. The van der Waals surface area contributed by atoms with Gasteiger partial charge in [0.1, 0.15) is 0 Å². The normalized spacial score (nSPS) is 11.4. The molecule has 294 valence electrons. The molecule has 0 bridgehead atoms. The number of rotatable bonds is 9. The van der Waals surface area contributed by atoms with Crippen LogP contribution in [0.15, 0.2) is 231 Å². The van der Waals surface area contributed by atoms with Crippen molar-refractivity contribution < 1.29 is 0 Å². The number of benzene rings is 11. The van der Waals surface area contributed by atoms with Gasteiger partial charge in [0.25, 0.3) is 0 Å². The molecule has 0 atom stereocenters. The van der Waals surface area contributed by atoms with E-state index >= 15 is 0 Å². The molecule has 2 nitrogen and oxygen atoms in total. The van der Waals surface area contributed by atoms with Crippen LogP contribution in [0, 0.1) is 13.8 Å². The van der Waals surface area contributed by atoms with Gasteiger partial charge in [-0.3, -0.25) is 0 Å². The Morgan fingerprint density at radius 2 is 0.661 bits per heavy atom. The van der Waals surface area contributed by atoms with Gasteiger partial charge in [0.2, 0.25) is 0 Å². The Hall–Kier alpha value is -7.94. The molecule has 0 saturated carbocycles. The maximum atomic E-state index is 2.49. The SMILES string of the molecule is Cc1c(-c2ccccc2)cccc1N(c1ccccc1)c1cc(N(c2ccccc2)c2cccc(-c3ccccc3)c2C)c2ccc3cc(-c4ccccc4)cc4ccc1c2c43. The van der Waals surface area contributed by atoms with Crippen LogP contribution in [-0.2, 0) is 0 Å². The Kier molecular flexibility index (Phi) is 9.32. The van der Waals surface area contributed by atoms with E-state index < -0.39 is 0 Å². The van der Waals surface area contributed by atoms with E-state index in [9.17, 15) is 0 Å². The topological polar surface area (TPSA) is 6.48 Å². The molecule has 11 aromatic carbocycles. The number of anilines is 6. The average molecular weight is 793 g/mol. The minimum absolute atomic E-state index is 1.10. The summed E-state index contributed by atoms with van der Waals surface area (Å²) in [5, 5.41) is 7.38. The fourth-order valence-electron chi connectivity index (χ4n) is 9.61. The van der Waals surface area contributed by atoms with Crippen LogP contribution < -0.4 is 9.80 Å². The average Bonchev–Trinajstić information content (AvgIpc) is 3.34. The van der Waals surface area contributed by atoms with Crippen LogP contribution in [-0.4, -0.2) is 0 Å². The first-order valence-corrected chi connectivity index (χ1v) is 21.4. The molecule has 0 aromatic heterocycles. The zero-order chi connectivity index (χ0) is 41.6. The lowest BCUT2D eigenvalue weighted by atomic mass is 9.89. The molecule has 0 aliphatic carbocycles. The summed E-state index contributed by atoms with van der Waals surface area (Å²) in [6.45, 7) is 4.54. The van der Waals surface area contributed by atoms with Gasteiger partial charge in [-0.2, -0.15) is 0 Å². The summed E-state index contributed by atoms with van der Waals surface area (Å²) in [7, 11) is 0. The van der Waals surface area contributed by atoms with Gasteiger partial charge >= 0.3 is 0 Å². The van der Waals surface area contributed by atoms with Gasteiger partial charge in [0, 0.05) is 38.9 Å². The summed E-state index contributed by atoms with van der Waals surface area (Å²) in [5.74, 6) is 0. The molecule has 0 radical (unpaired) electrons. The van der Waals surface area contributed by atoms with Crippen LogP contribution >= 0.6 is 0 Å². The van der Waals surface area contributed by atoms with E-state index in [-0.39, 0.29) is 0 Å². The fourth-order valence-corrected chi connectivity index (χ4v) is 9.61. The van der Waals surface area contributed by atoms with Crippen molar-refractivity contribution in [2.24, 2.45) is 0 Å². The van der Waals surface area contributed by atoms with Gasteiger partial charge in [-0.05, 0) is 129 Å². The van der Waals surface area contributed by atoms with Gasteiger partial charge in [-0.15, -0.1) is 0 Å². The molecule has 0 heterocycles. The summed E-state index contributed by atoms with van der Waals surface area (Å²) >= 11 is 0. The predicted molar refractivity (Wildman–Crippen MR) is 265 cm³/mol. The van der Waals surface area contributed by atoms with Crippen molar-refractivity contribution in [2.75, 3.05) is 9.80 Å². The summed E-state index contributed by atoms with van der Waals surface area (Å²) in [6.07, 6.45) is 0. The second-order valence-electron chi connectivity index (χ2n) is 16.2. The molecular weight excluding hydrogens is 749 g/mol. The quantitative estimate of drug-likeness (QED) is 0.134. The van der Waals surface area contributed by atoms with Gasteiger partial charge in [0.15, 0.2) is 0 Å². The number of nitrogens with zero attached hydrogens (tertiary/aromatic N) is 2. The van der Waals surface area contributed by atoms with Crippen LogP contribution in [0.4, 0.5) is 34.1 Å². The number of hydrogen-bond donors (Lipinski definition) is 0. The minimum Gasteiger partial charge on any atom is -0.310 e. The van der Waals surface area contributed by atoms with E-state index in [1.165, 1.54) is 76.8 Å². The van der Waals surface area contributed by atoms with Gasteiger partial charge in [-0.1, -0.05) is 176 Å². The van der Waals surface area contributed by atoms with Gasteiger partial charge in [0.05, 0.1) is 11.4 Å². The number of hydrogen-bond acceptors (Lipinski definition) is 2. The van der Waals surface area contributed by atoms with Crippen molar-refractivity contribution in [1.82, 2.24) is 0 Å². The lowest BCUT2D eigenvalue weighted by Gasteiger charge is -2.34. The highest BCUT2D eigenvalue weighted by Crippen LogP contribution is 2.52. The first-order chi connectivity index (χ1) is 30.6. The molecular formula is C60H44N2. The highest BCUT2D eigenvalue weighted by Gasteiger charge is 2.27. The summed E-state index contributed by atoms with van der Waals surface area (Å²) < 4.78 is 0. The van der Waals surface area contributed by atoms with E-state index in [1.807, 2.05) is 0 Å². The van der Waals surface area contributed by atoms with Crippen molar-refractivity contribution in [2.45, 2.75) is 13.8 Å². The molecule has 0 spiro atoms. The third kappa shape index (κ3) is 6.36. The van der Waals surface area contributed by atoms with Crippen molar-refractivity contribution in [3.63, 3.8) is 0 Å². The standard InChI is InChI=1S/C60H44N2/c1-41-51(44-22-10-4-11-23-44)30-18-32-55(41)61(49-26-14-6-15-27-49)57-40-58(62(50-28-16-7-17-29-50)56-33-19-31-52(42(56)2)45-24-12-5-13-25-45)54-37-35-47-39-48(43-20-8-3-9-21-43)38-46-34-36-53(57)60(54)59(46)47/h3-40H,1-2H3. The predicted octanol–water partition coefficient (Wildman–Crippen LogP) is 17.1. The smallest absolute Gasteiger partial charge is 0.0561 e. The third-order valence-electron chi connectivity index (χ3n) is 12.6. The monoisotopic (exact) mass is 792 g/mol. The Morgan fingerprint density at radius 1 is 0.274 bits per heavy atom. The van der Waals surface area contributed by atoms with Crippen molar-refractivity contribution in [3.8, 4) is 33.4 Å². The summed E-state index contributed by atoms with van der Waals surface area (Å²) in [6, 6.07) is 84.0. The Bertz CT molecular complexity index is 3140. The molecule has 0 saturated heterocycles. The molecule has 2 heteroatoms. The second-order valence-corrected chi connectivity index (χ2v) is 16.2. The Labute approximate surface area is 363 Å². The van der Waals surface area contributed by atoms with Crippen molar-refractivity contribution >= 4 is 66.4 Å². The Morgan fingerprint density at radius 3 is 1.08 bits per heavy atom. The lowest BCUT2D eigenvalue weighted by Crippen LogP contribution is -2.16. The second kappa shape index (κ2) is 15.6. The van der Waals surface area contributed by atoms with Crippen LogP contribution in [0.2, 0.25) is 0 Å². The Balaban J connectivity index is 1.26. The molecule has 11 aromatic rings. The molecule has 0 aliphatic rings. The first-order valence-electron chi connectivity index (χ1n) is 21.4. The maximum absolute atomic E-state index is 2.49. The first kappa shape index (κ1) is 37.1. The fraction of sp³-hybridized carbons (Fsp3) is 0.0333. The molecule has 11 rings (SSSR count). The summed E-state index contributed by atoms with van der Waals surface area (Å²) in [4.78, 5) is 4.98. The molecule has 0 aliphatic heterocycles. The summed E-state index contributed by atoms with van der Waals surface area (Å²) in [5.41, 5.74) is 16.4. The molecule has 0 unspecified atom stereocenters. The number of para-hydroxylation sites is 2. The zero-order valence-electron chi connectivity index (χ0n) is 34.8. The minimum atomic E-state index is 1.10. The molecule has 0 N–H and O–H groups in total. The largest absolute Gasteiger partial charge is 0.310 e. The highest BCUT2D eigenvalue weighted by atomic mass is 15.2. The third-order valence-corrected chi connectivity index (χ3v) is 12.6. The van der Waals surface area contributed by atoms with Crippen molar-refractivity contribution in [1.29, 1.82) is 0 Å². The van der Waals surface area contributed by atoms with E-state index in [0.717, 1.165) is 34.1 Å². The van der Waals surface area contributed by atoms with Crippen LogP contribution in [0.5, 0.6) is 0 Å². The van der Waals surface area contributed by atoms with Gasteiger partial charge < -0.3 is 9.80 Å². The lowest BCUT2D eigenvalue weighted by molar-refractivity contribution is 1.24. The highest BCUT2D eigenvalue weighted by molar-refractivity contribution is 6.29. The molecule has 0 fully saturated rings.